The lowest BCUT2D eigenvalue weighted by molar-refractivity contribution is 0.564. The number of aromatic nitrogens is 2. The molecule has 0 amide bonds. The van der Waals surface area contributed by atoms with Crippen LogP contribution in [0.3, 0.4) is 0 Å². The number of nitrogens with zero attached hydrogens (tertiary/aromatic N) is 1. The minimum absolute atomic E-state index is 0.154. The van der Waals surface area contributed by atoms with Crippen molar-refractivity contribution in [2.45, 2.75) is 13.0 Å². The molecule has 2 N–H and O–H groups in total. The van der Waals surface area contributed by atoms with Crippen molar-refractivity contribution in [1.29, 1.82) is 0 Å². The van der Waals surface area contributed by atoms with Crippen molar-refractivity contribution in [3.63, 3.8) is 0 Å². The van der Waals surface area contributed by atoms with Crippen LogP contribution in [0.1, 0.15) is 6.42 Å². The largest absolute Gasteiger partial charge is 0.328 e. The fourth-order valence-electron chi connectivity index (χ4n) is 1.90. The maximum atomic E-state index is 12.1. The van der Waals surface area contributed by atoms with Crippen molar-refractivity contribution in [2.75, 3.05) is 12.8 Å². The van der Waals surface area contributed by atoms with Crippen LogP contribution in [0.15, 0.2) is 33.9 Å². The van der Waals surface area contributed by atoms with E-state index < -0.39 is 15.7 Å². The number of H-pyrrole nitrogens is 1. The van der Waals surface area contributed by atoms with E-state index in [1.165, 1.54) is 0 Å². The predicted octanol–water partition coefficient (Wildman–Crippen LogP) is -0.371. The van der Waals surface area contributed by atoms with Gasteiger partial charge in [-0.05, 0) is 18.6 Å². The molecule has 0 bridgehead atoms. The lowest BCUT2D eigenvalue weighted by Crippen LogP contribution is -2.36. The zero-order valence-corrected chi connectivity index (χ0v) is 11.7. The van der Waals surface area contributed by atoms with E-state index in [0.717, 1.165) is 10.8 Å². The normalized spacial score (nSPS) is 11.8. The number of hydrogen-bond donors (Lipinski definition) is 2. The van der Waals surface area contributed by atoms with Crippen LogP contribution in [0.4, 0.5) is 0 Å². The molecule has 7 nitrogen and oxygen atoms in total. The van der Waals surface area contributed by atoms with Gasteiger partial charge in [0.2, 0.25) is 10.0 Å². The molecule has 0 saturated carbocycles. The number of rotatable bonds is 5. The van der Waals surface area contributed by atoms with Gasteiger partial charge in [0.15, 0.2) is 0 Å². The van der Waals surface area contributed by atoms with Gasteiger partial charge in [0, 0.05) is 13.1 Å². The zero-order chi connectivity index (χ0) is 14.8. The van der Waals surface area contributed by atoms with Gasteiger partial charge >= 0.3 is 5.69 Å². The van der Waals surface area contributed by atoms with E-state index in [4.69, 9.17) is 0 Å². The van der Waals surface area contributed by atoms with E-state index in [2.05, 4.69) is 9.71 Å². The molecule has 0 spiro atoms. The first-order valence-corrected chi connectivity index (χ1v) is 7.94. The number of aromatic amines is 1. The Bertz CT molecular complexity index is 836. The molecule has 0 aliphatic carbocycles. The summed E-state index contributed by atoms with van der Waals surface area (Å²) in [5.41, 5.74) is -0.371. The summed E-state index contributed by atoms with van der Waals surface area (Å²) < 4.78 is 25.2. The highest BCUT2D eigenvalue weighted by Crippen LogP contribution is 2.02. The maximum absolute atomic E-state index is 12.1. The molecule has 20 heavy (non-hydrogen) atoms. The molecule has 0 saturated heterocycles. The van der Waals surface area contributed by atoms with Gasteiger partial charge in [-0.25, -0.2) is 17.9 Å². The smallest absolute Gasteiger partial charge is 0.307 e. The highest BCUT2D eigenvalue weighted by molar-refractivity contribution is 7.88. The van der Waals surface area contributed by atoms with Crippen molar-refractivity contribution >= 4 is 20.9 Å². The van der Waals surface area contributed by atoms with Crippen LogP contribution in [-0.4, -0.2) is 30.8 Å². The number of fused-ring (bicyclic) bond motifs is 1. The van der Waals surface area contributed by atoms with Gasteiger partial charge in [-0.2, -0.15) is 0 Å². The third kappa shape index (κ3) is 3.34. The third-order valence-electron chi connectivity index (χ3n) is 2.81. The van der Waals surface area contributed by atoms with Crippen molar-refractivity contribution in [3.8, 4) is 0 Å². The lowest BCUT2D eigenvalue weighted by Gasteiger charge is -2.06. The molecule has 1 aromatic heterocycles. The van der Waals surface area contributed by atoms with Gasteiger partial charge in [-0.1, -0.05) is 12.1 Å². The van der Waals surface area contributed by atoms with E-state index in [-0.39, 0.29) is 18.6 Å². The summed E-state index contributed by atoms with van der Waals surface area (Å²) in [6, 6.07) is 6.75. The average molecular weight is 297 g/mol. The highest BCUT2D eigenvalue weighted by Gasteiger charge is 2.07. The molecule has 0 atom stereocenters. The standard InChI is InChI=1S/C12H15N3O4S/c1-20(18,19)13-7-4-8-15-11(16)9-5-2-3-6-10(9)14-12(15)17/h2-3,5-6,13H,4,7-8H2,1H3,(H,14,17). The summed E-state index contributed by atoms with van der Waals surface area (Å²) >= 11 is 0. The Balaban J connectivity index is 2.23. The summed E-state index contributed by atoms with van der Waals surface area (Å²) in [6.07, 6.45) is 1.41. The van der Waals surface area contributed by atoms with Crippen LogP contribution in [0.2, 0.25) is 0 Å². The molecule has 2 aromatic rings. The minimum Gasteiger partial charge on any atom is -0.307 e. The molecule has 0 unspecified atom stereocenters. The number of para-hydroxylation sites is 1. The van der Waals surface area contributed by atoms with E-state index in [9.17, 15) is 18.0 Å². The number of benzene rings is 1. The summed E-state index contributed by atoms with van der Waals surface area (Å²) in [6.45, 7) is 0.332. The lowest BCUT2D eigenvalue weighted by atomic mass is 10.2. The molecule has 2 rings (SSSR count). The first-order chi connectivity index (χ1) is 9.38. The van der Waals surface area contributed by atoms with Crippen LogP contribution in [0.25, 0.3) is 10.9 Å². The predicted molar refractivity (Wildman–Crippen MR) is 76.3 cm³/mol. The Kier molecular flexibility index (Phi) is 4.05. The van der Waals surface area contributed by atoms with Crippen LogP contribution in [0.5, 0.6) is 0 Å². The Morgan fingerprint density at radius 3 is 2.65 bits per heavy atom. The highest BCUT2D eigenvalue weighted by atomic mass is 32.2. The Hall–Kier alpha value is -1.93. The molecule has 0 aliphatic rings. The monoisotopic (exact) mass is 297 g/mol. The molecule has 1 heterocycles. The van der Waals surface area contributed by atoms with Crippen LogP contribution in [0, 0.1) is 0 Å². The van der Waals surface area contributed by atoms with Crippen LogP contribution >= 0.6 is 0 Å². The Morgan fingerprint density at radius 1 is 1.25 bits per heavy atom. The molecule has 0 radical (unpaired) electrons. The quantitative estimate of drug-likeness (QED) is 0.735. The third-order valence-corrected chi connectivity index (χ3v) is 3.54. The van der Waals surface area contributed by atoms with Crippen LogP contribution < -0.4 is 16.0 Å². The van der Waals surface area contributed by atoms with Crippen molar-refractivity contribution in [3.05, 3.63) is 45.1 Å². The van der Waals surface area contributed by atoms with Gasteiger partial charge in [0.05, 0.1) is 17.2 Å². The summed E-state index contributed by atoms with van der Waals surface area (Å²) in [4.78, 5) is 26.6. The molecule has 8 heteroatoms. The van der Waals surface area contributed by atoms with Crippen molar-refractivity contribution in [1.82, 2.24) is 14.3 Å². The number of nitrogens with one attached hydrogen (secondary N) is 2. The van der Waals surface area contributed by atoms with Crippen molar-refractivity contribution < 1.29 is 8.42 Å². The van der Waals surface area contributed by atoms with Crippen molar-refractivity contribution in [2.24, 2.45) is 0 Å². The Morgan fingerprint density at radius 2 is 1.95 bits per heavy atom. The van der Waals surface area contributed by atoms with Gasteiger partial charge in [0.1, 0.15) is 0 Å². The molecule has 108 valence electrons. The molecule has 0 aliphatic heterocycles. The molecule has 1 aromatic carbocycles. The summed E-state index contributed by atoms with van der Waals surface area (Å²) in [7, 11) is -3.26. The molecular formula is C12H15N3O4S. The minimum atomic E-state index is -3.26. The maximum Gasteiger partial charge on any atom is 0.328 e. The fourth-order valence-corrected chi connectivity index (χ4v) is 2.41. The number of sulfonamides is 1. The van der Waals surface area contributed by atoms with E-state index >= 15 is 0 Å². The van der Waals surface area contributed by atoms with E-state index in [1.807, 2.05) is 0 Å². The average Bonchev–Trinajstić information content (AvgIpc) is 2.36. The zero-order valence-electron chi connectivity index (χ0n) is 10.9. The van der Waals surface area contributed by atoms with Crippen LogP contribution in [-0.2, 0) is 16.6 Å². The summed E-state index contributed by atoms with van der Waals surface area (Å²) in [5, 5.41) is 0.433. The molecular weight excluding hydrogens is 282 g/mol. The van der Waals surface area contributed by atoms with Gasteiger partial charge in [0.25, 0.3) is 5.56 Å². The summed E-state index contributed by atoms with van der Waals surface area (Å²) in [5.74, 6) is 0. The first kappa shape index (κ1) is 14.5. The SMILES string of the molecule is CS(=O)(=O)NCCCn1c(=O)[nH]c2ccccc2c1=O. The van der Waals surface area contributed by atoms with Gasteiger partial charge < -0.3 is 4.98 Å². The number of hydrogen-bond acceptors (Lipinski definition) is 4. The van der Waals surface area contributed by atoms with Gasteiger partial charge in [-0.15, -0.1) is 0 Å². The van der Waals surface area contributed by atoms with Gasteiger partial charge in [-0.3, -0.25) is 9.36 Å². The second kappa shape index (κ2) is 5.59. The second-order valence-electron chi connectivity index (χ2n) is 4.45. The fraction of sp³-hybridized carbons (Fsp3) is 0.333. The second-order valence-corrected chi connectivity index (χ2v) is 6.29. The Labute approximate surface area is 115 Å². The molecule has 0 fully saturated rings. The topological polar surface area (TPSA) is 101 Å². The first-order valence-electron chi connectivity index (χ1n) is 6.05. The van der Waals surface area contributed by atoms with E-state index in [0.29, 0.717) is 17.3 Å². The van der Waals surface area contributed by atoms with E-state index in [1.54, 1.807) is 24.3 Å².